The van der Waals surface area contributed by atoms with Crippen LogP contribution in [0.25, 0.3) is 16.8 Å². The average molecular weight is 898 g/mol. The lowest BCUT2D eigenvalue weighted by Gasteiger charge is -2.28. The van der Waals surface area contributed by atoms with Crippen LogP contribution in [0.15, 0.2) is 84.7 Å². The van der Waals surface area contributed by atoms with Crippen molar-refractivity contribution in [3.05, 3.63) is 124 Å². The van der Waals surface area contributed by atoms with Gasteiger partial charge in [-0.15, -0.1) is 0 Å². The number of fused-ring (bicyclic) bond motifs is 9. The van der Waals surface area contributed by atoms with Gasteiger partial charge in [-0.2, -0.15) is 0 Å². The first-order chi connectivity index (χ1) is 31.9. The Kier molecular flexibility index (Phi) is 16.5. The van der Waals surface area contributed by atoms with E-state index < -0.39 is 24.4 Å². The van der Waals surface area contributed by atoms with Crippen molar-refractivity contribution in [2.24, 2.45) is 11.8 Å². The number of benzene rings is 4. The van der Waals surface area contributed by atoms with Crippen LogP contribution < -0.4 is 14.8 Å². The number of Topliss-reactive ketones (excluding diaryl/α,β-unsaturated/α-hetero) is 1. The minimum absolute atomic E-state index is 0.0130. The van der Waals surface area contributed by atoms with E-state index in [0.717, 1.165) is 72.7 Å². The van der Waals surface area contributed by atoms with E-state index in [0.29, 0.717) is 53.8 Å². The number of ketones is 1. The molecule has 8 rings (SSSR count). The van der Waals surface area contributed by atoms with E-state index in [1.165, 1.54) is 5.56 Å². The van der Waals surface area contributed by atoms with Crippen molar-refractivity contribution >= 4 is 28.3 Å². The van der Waals surface area contributed by atoms with E-state index in [2.05, 4.69) is 55.5 Å². The molecule has 6 atom stereocenters. The molecule has 0 aromatic heterocycles. The number of aliphatic hydroxyl groups excluding tert-OH is 3. The number of allylic oxidation sites excluding steroid dienone is 4. The van der Waals surface area contributed by atoms with Crippen LogP contribution in [0, 0.1) is 23.9 Å². The van der Waals surface area contributed by atoms with E-state index in [-0.39, 0.29) is 60.1 Å². The maximum Gasteiger partial charge on any atom is 0.178 e. The van der Waals surface area contributed by atoms with Gasteiger partial charge in [0.25, 0.3) is 0 Å². The number of carbonyl (C=O) groups is 1. The van der Waals surface area contributed by atoms with Crippen molar-refractivity contribution in [2.45, 2.75) is 135 Å². The first-order valence-corrected chi connectivity index (χ1v) is 23.9. The molecule has 2 heterocycles. The Hall–Kier alpha value is -5.73. The van der Waals surface area contributed by atoms with Gasteiger partial charge in [0, 0.05) is 47.7 Å². The molecule has 6 N–H and O–H groups in total. The fourth-order valence-electron chi connectivity index (χ4n) is 9.83. The van der Waals surface area contributed by atoms with Crippen molar-refractivity contribution in [3.8, 4) is 29.3 Å². The number of hydrogen-bond donors (Lipinski definition) is 6. The number of aromatic hydroxyl groups is 1. The molecule has 10 nitrogen and oxygen atoms in total. The molecule has 350 valence electrons. The Balaban J connectivity index is 1.22. The molecule has 6 bridgehead atoms. The highest BCUT2D eigenvalue weighted by Crippen LogP contribution is 2.47. The van der Waals surface area contributed by atoms with Crippen LogP contribution in [-0.4, -0.2) is 57.2 Å². The summed E-state index contributed by atoms with van der Waals surface area (Å²) in [5.41, 5.74) is 6.31. The summed E-state index contributed by atoms with van der Waals surface area (Å²) in [6.07, 6.45) is 18.5. The number of aryl methyl sites for hydroxylation is 2. The van der Waals surface area contributed by atoms with Crippen molar-refractivity contribution < 1.29 is 44.5 Å². The molecule has 2 aliphatic heterocycles. The number of unbranched alkanes of at least 4 members (excludes halogenated alkanes) is 3. The van der Waals surface area contributed by atoms with Crippen LogP contribution in [0.3, 0.4) is 0 Å². The molecule has 0 saturated carbocycles. The number of carbonyl (C=O) groups excluding carboxylic acids is 1. The van der Waals surface area contributed by atoms with Crippen LogP contribution in [-0.2, 0) is 29.0 Å². The average Bonchev–Trinajstić information content (AvgIpc) is 3.29. The van der Waals surface area contributed by atoms with Crippen LogP contribution in [0.4, 0.5) is 5.69 Å². The first-order valence-electron chi connectivity index (χ1n) is 23.9. The molecule has 4 aliphatic rings. The second-order valence-electron chi connectivity index (χ2n) is 18.4. The maximum absolute atomic E-state index is 13.9. The zero-order valence-corrected chi connectivity index (χ0v) is 38.9. The monoisotopic (exact) mass is 897 g/mol. The number of phenols is 1. The van der Waals surface area contributed by atoms with Gasteiger partial charge in [-0.05, 0) is 139 Å². The fraction of sp³-hybridized carbons (Fsp3) is 0.446. The molecule has 0 amide bonds. The van der Waals surface area contributed by atoms with Crippen molar-refractivity contribution in [1.82, 2.24) is 0 Å². The normalized spacial score (nSPS) is 21.0. The van der Waals surface area contributed by atoms with Crippen LogP contribution >= 0.6 is 0 Å². The number of hydrogen-bond acceptors (Lipinski definition) is 10. The van der Waals surface area contributed by atoms with Gasteiger partial charge in [0.05, 0.1) is 19.1 Å². The lowest BCUT2D eigenvalue weighted by molar-refractivity contribution is -0.121. The van der Waals surface area contributed by atoms with Crippen molar-refractivity contribution in [1.29, 1.82) is 0 Å². The number of ether oxygens (including phenoxy) is 3. The molecule has 0 fully saturated rings. The van der Waals surface area contributed by atoms with E-state index in [1.54, 1.807) is 26.2 Å². The molecule has 2 aliphatic carbocycles. The SMILES string of the molecule is CCCCCC1C#COC(CC2C=C(O)C=CC2CCCCc2cccc(NCC(C)O)c2)CC(=O)CCc2ccc(OC)c(c2)OCc2c(C(O)O)cc3c1c(O)cc1c3c2C=CC1C. The molecule has 0 saturated heterocycles. The molecule has 10 heteroatoms. The lowest BCUT2D eigenvalue weighted by Crippen LogP contribution is -2.24. The fourth-order valence-corrected chi connectivity index (χ4v) is 9.83. The quantitative estimate of drug-likeness (QED) is 0.0363. The van der Waals surface area contributed by atoms with Gasteiger partial charge >= 0.3 is 0 Å². The van der Waals surface area contributed by atoms with Crippen molar-refractivity contribution in [3.63, 3.8) is 0 Å². The van der Waals surface area contributed by atoms with Crippen LogP contribution in [0.1, 0.15) is 142 Å². The Morgan fingerprint density at radius 2 is 1.77 bits per heavy atom. The third-order valence-electron chi connectivity index (χ3n) is 13.4. The van der Waals surface area contributed by atoms with Crippen molar-refractivity contribution in [2.75, 3.05) is 19.0 Å². The van der Waals surface area contributed by atoms with Gasteiger partial charge in [-0.1, -0.05) is 81.9 Å². The zero-order valence-electron chi connectivity index (χ0n) is 38.9. The highest BCUT2D eigenvalue weighted by molar-refractivity contribution is 6.01. The Morgan fingerprint density at radius 3 is 2.56 bits per heavy atom. The Labute approximate surface area is 390 Å². The molecule has 6 unspecified atom stereocenters. The number of rotatable bonds is 16. The summed E-state index contributed by atoms with van der Waals surface area (Å²) in [5, 5.41) is 59.2. The zero-order chi connectivity index (χ0) is 46.7. The molecule has 4 aromatic rings. The maximum atomic E-state index is 13.9. The van der Waals surface area contributed by atoms with Gasteiger partial charge in [-0.25, -0.2) is 0 Å². The van der Waals surface area contributed by atoms with Gasteiger partial charge < -0.3 is 45.1 Å². The standard InChI is InChI=1S/C56H67NO9/c1-5-6-7-14-40-24-25-65-45(29-41-28-43(59)21-19-39(41)13-9-8-11-37-12-10-15-42(26-37)57-33-36(3)58)30-44(60)20-17-38-18-23-52(64-4)53(27-38)66-34-50-46-22-16-35(2)47-32-51(61)54(40)49(55(46)47)31-48(50)56(62)63/h10,12,15-16,18-19,21-23,26-28,31-32,35-36,39-41,45,56-59,61-63H,5-9,11,13-14,17,20,29-30,33-34H2,1-4H3. The number of methoxy groups -OCH3 is 1. The van der Waals surface area contributed by atoms with E-state index in [1.807, 2.05) is 48.6 Å². The summed E-state index contributed by atoms with van der Waals surface area (Å²) in [4.78, 5) is 13.9. The summed E-state index contributed by atoms with van der Waals surface area (Å²) in [6, 6.07) is 17.5. The Bertz CT molecular complexity index is 2490. The van der Waals surface area contributed by atoms with E-state index in [9.17, 15) is 30.3 Å². The molecular weight excluding hydrogens is 831 g/mol. The van der Waals surface area contributed by atoms with Gasteiger partial charge in [-0.3, -0.25) is 4.79 Å². The molecule has 0 spiro atoms. The van der Waals surface area contributed by atoms with Gasteiger partial charge in [0.1, 0.15) is 36.1 Å². The van der Waals surface area contributed by atoms with Crippen LogP contribution in [0.2, 0.25) is 0 Å². The molecule has 66 heavy (non-hydrogen) atoms. The number of phenolic OH excluding ortho intramolecular Hbond substituents is 1. The minimum Gasteiger partial charge on any atom is -0.508 e. The van der Waals surface area contributed by atoms with Gasteiger partial charge in [0.15, 0.2) is 17.8 Å². The smallest absolute Gasteiger partial charge is 0.178 e. The van der Waals surface area contributed by atoms with E-state index in [4.69, 9.17) is 14.2 Å². The first kappa shape index (κ1) is 48.2. The Morgan fingerprint density at radius 1 is 0.939 bits per heavy atom. The molecular formula is C56H67NO9. The highest BCUT2D eigenvalue weighted by atomic mass is 16.5. The third kappa shape index (κ3) is 12.0. The number of anilines is 1. The summed E-state index contributed by atoms with van der Waals surface area (Å²) in [6.45, 7) is 6.48. The summed E-state index contributed by atoms with van der Waals surface area (Å²) in [7, 11) is 1.57. The predicted octanol–water partition coefficient (Wildman–Crippen LogP) is 11.0. The third-order valence-corrected chi connectivity index (χ3v) is 13.4. The number of nitrogens with one attached hydrogen (secondary N) is 1. The summed E-state index contributed by atoms with van der Waals surface area (Å²) < 4.78 is 18.7. The molecule has 0 radical (unpaired) electrons. The minimum atomic E-state index is -1.83. The second kappa shape index (κ2) is 22.6. The predicted molar refractivity (Wildman–Crippen MR) is 261 cm³/mol. The topological polar surface area (TPSA) is 158 Å². The lowest BCUT2D eigenvalue weighted by atomic mass is 9.78. The van der Waals surface area contributed by atoms with Crippen LogP contribution in [0.5, 0.6) is 17.2 Å². The number of aliphatic hydroxyl groups is 4. The van der Waals surface area contributed by atoms with E-state index >= 15 is 0 Å². The summed E-state index contributed by atoms with van der Waals surface area (Å²) in [5.74, 6) is 4.21. The van der Waals surface area contributed by atoms with Gasteiger partial charge in [0.2, 0.25) is 0 Å². The molecule has 4 aromatic carbocycles. The highest BCUT2D eigenvalue weighted by Gasteiger charge is 2.30. The summed E-state index contributed by atoms with van der Waals surface area (Å²) >= 11 is 0. The largest absolute Gasteiger partial charge is 0.508 e. The second-order valence-corrected chi connectivity index (χ2v) is 18.4.